The molecule has 0 atom stereocenters. The number of morpholine rings is 1. The molecule has 1 aromatic heterocycles. The lowest BCUT2D eigenvalue weighted by Crippen LogP contribution is -2.40. The average molecular weight is 415 g/mol. The van der Waals surface area contributed by atoms with Gasteiger partial charge in [0.05, 0.1) is 25.4 Å². The maximum atomic E-state index is 12.6. The zero-order valence-electron chi connectivity index (χ0n) is 17.9. The summed E-state index contributed by atoms with van der Waals surface area (Å²) in [6, 6.07) is 2.28. The fraction of sp³-hybridized carbons (Fsp3) is 0.682. The van der Waals surface area contributed by atoms with Crippen LogP contribution in [0.3, 0.4) is 0 Å². The number of ether oxygens (including phenoxy) is 3. The third-order valence-electron chi connectivity index (χ3n) is 6.03. The van der Waals surface area contributed by atoms with Crippen molar-refractivity contribution in [2.24, 2.45) is 0 Å². The summed E-state index contributed by atoms with van der Waals surface area (Å²) >= 11 is 0. The van der Waals surface area contributed by atoms with Crippen molar-refractivity contribution >= 4 is 11.7 Å². The van der Waals surface area contributed by atoms with Crippen molar-refractivity contribution in [1.82, 2.24) is 9.88 Å². The summed E-state index contributed by atoms with van der Waals surface area (Å²) < 4.78 is 17.4. The Morgan fingerprint density at radius 1 is 1.17 bits per heavy atom. The molecule has 3 aliphatic heterocycles. The third-order valence-corrected chi connectivity index (χ3v) is 6.03. The van der Waals surface area contributed by atoms with E-state index in [0.717, 1.165) is 62.4 Å². The van der Waals surface area contributed by atoms with E-state index in [1.54, 1.807) is 0 Å². The molecule has 1 aromatic rings. The van der Waals surface area contributed by atoms with Crippen LogP contribution >= 0.6 is 0 Å². The number of fused-ring (bicyclic) bond motifs is 1. The molecular weight excluding hydrogens is 384 g/mol. The summed E-state index contributed by atoms with van der Waals surface area (Å²) in [4.78, 5) is 21.3. The number of aromatic nitrogens is 1. The minimum atomic E-state index is -0.372. The topological polar surface area (TPSA) is 87.9 Å². The highest BCUT2D eigenvalue weighted by Crippen LogP contribution is 2.38. The van der Waals surface area contributed by atoms with Gasteiger partial charge in [0.15, 0.2) is 6.61 Å². The molecule has 4 heterocycles. The first-order valence-corrected chi connectivity index (χ1v) is 10.8. The van der Waals surface area contributed by atoms with Crippen LogP contribution in [0.25, 0.3) is 0 Å². The lowest BCUT2D eigenvalue weighted by Gasteiger charge is -2.36. The van der Waals surface area contributed by atoms with E-state index in [-0.39, 0.29) is 24.0 Å². The molecule has 0 spiro atoms. The number of nitrogens with zero attached hydrogens (tertiary/aromatic N) is 4. The molecule has 2 fully saturated rings. The molecule has 3 aliphatic rings. The Morgan fingerprint density at radius 2 is 1.90 bits per heavy atom. The van der Waals surface area contributed by atoms with Gasteiger partial charge in [-0.05, 0) is 38.7 Å². The van der Waals surface area contributed by atoms with E-state index < -0.39 is 0 Å². The lowest BCUT2D eigenvalue weighted by atomic mass is 9.89. The Labute approximate surface area is 177 Å². The van der Waals surface area contributed by atoms with E-state index in [4.69, 9.17) is 19.2 Å². The van der Waals surface area contributed by atoms with Crippen LogP contribution < -0.4 is 9.64 Å². The summed E-state index contributed by atoms with van der Waals surface area (Å²) in [5.41, 5.74) is 1.92. The number of rotatable bonds is 4. The number of amides is 1. The highest BCUT2D eigenvalue weighted by molar-refractivity contribution is 5.78. The van der Waals surface area contributed by atoms with Crippen molar-refractivity contribution in [3.8, 4) is 11.9 Å². The Bertz CT molecular complexity index is 837. The maximum absolute atomic E-state index is 12.6. The molecule has 2 saturated heterocycles. The Hall–Kier alpha value is -2.37. The molecule has 8 heteroatoms. The van der Waals surface area contributed by atoms with Crippen molar-refractivity contribution in [1.29, 1.82) is 5.26 Å². The first-order chi connectivity index (χ1) is 14.5. The molecule has 0 unspecified atom stereocenters. The predicted molar refractivity (Wildman–Crippen MR) is 110 cm³/mol. The highest BCUT2D eigenvalue weighted by Gasteiger charge is 2.34. The highest BCUT2D eigenvalue weighted by atomic mass is 16.5. The Morgan fingerprint density at radius 3 is 2.60 bits per heavy atom. The zero-order valence-corrected chi connectivity index (χ0v) is 17.9. The second-order valence-electron chi connectivity index (χ2n) is 8.74. The van der Waals surface area contributed by atoms with Crippen LogP contribution in [-0.4, -0.2) is 67.4 Å². The van der Waals surface area contributed by atoms with Gasteiger partial charge in [-0.15, -0.1) is 0 Å². The van der Waals surface area contributed by atoms with E-state index in [1.165, 1.54) is 0 Å². The molecule has 162 valence electrons. The van der Waals surface area contributed by atoms with Crippen molar-refractivity contribution in [3.05, 3.63) is 16.7 Å². The summed E-state index contributed by atoms with van der Waals surface area (Å²) in [6.07, 6.45) is 3.82. The van der Waals surface area contributed by atoms with Gasteiger partial charge in [0.25, 0.3) is 5.91 Å². The van der Waals surface area contributed by atoms with Crippen LogP contribution in [0, 0.1) is 11.3 Å². The van der Waals surface area contributed by atoms with Crippen LogP contribution in [0.15, 0.2) is 0 Å². The van der Waals surface area contributed by atoms with Crippen LogP contribution in [0.4, 0.5) is 5.82 Å². The summed E-state index contributed by atoms with van der Waals surface area (Å²) in [7, 11) is 0. The number of anilines is 1. The van der Waals surface area contributed by atoms with Crippen LogP contribution in [-0.2, 0) is 27.3 Å². The fourth-order valence-electron chi connectivity index (χ4n) is 4.35. The van der Waals surface area contributed by atoms with Crippen molar-refractivity contribution in [2.75, 3.05) is 50.9 Å². The zero-order chi connectivity index (χ0) is 21.1. The van der Waals surface area contributed by atoms with Crippen LogP contribution in [0.1, 0.15) is 49.8 Å². The number of hydrogen-bond acceptors (Lipinski definition) is 7. The van der Waals surface area contributed by atoms with Crippen molar-refractivity contribution < 1.29 is 19.0 Å². The monoisotopic (exact) mass is 414 g/mol. The minimum absolute atomic E-state index is 0.0466. The average Bonchev–Trinajstić information content (AvgIpc) is 2.77. The molecule has 1 amide bonds. The smallest absolute Gasteiger partial charge is 0.260 e. The molecule has 0 radical (unpaired) electrons. The lowest BCUT2D eigenvalue weighted by molar-refractivity contribution is -0.134. The molecule has 0 aliphatic carbocycles. The largest absolute Gasteiger partial charge is 0.467 e. The normalized spacial score (nSPS) is 21.0. The van der Waals surface area contributed by atoms with Gasteiger partial charge < -0.3 is 24.0 Å². The third kappa shape index (κ3) is 4.37. The van der Waals surface area contributed by atoms with E-state index in [9.17, 15) is 10.1 Å². The second-order valence-corrected chi connectivity index (χ2v) is 8.74. The predicted octanol–water partition coefficient (Wildman–Crippen LogP) is 2.03. The number of hydrogen-bond donors (Lipinski definition) is 0. The van der Waals surface area contributed by atoms with Crippen LogP contribution in [0.5, 0.6) is 5.88 Å². The number of likely N-dealkylation sites (tertiary alicyclic amines) is 1. The number of pyridine rings is 1. The summed E-state index contributed by atoms with van der Waals surface area (Å²) in [6.45, 7) is 8.61. The number of carbonyl (C=O) groups excluding carboxylic acids is 1. The van der Waals surface area contributed by atoms with E-state index in [0.29, 0.717) is 31.8 Å². The number of piperidine rings is 1. The molecule has 0 N–H and O–H groups in total. The van der Waals surface area contributed by atoms with E-state index in [2.05, 4.69) is 11.0 Å². The van der Waals surface area contributed by atoms with Gasteiger partial charge in [-0.1, -0.05) is 0 Å². The van der Waals surface area contributed by atoms with Crippen LogP contribution in [0.2, 0.25) is 0 Å². The van der Waals surface area contributed by atoms with Crippen molar-refractivity contribution in [3.63, 3.8) is 0 Å². The SMILES string of the molecule is CC1(C)Cc2c(C#N)c(OCC(=O)N3CCCCC3)nc(N3CCOCC3)c2CO1. The molecule has 8 nitrogen and oxygen atoms in total. The van der Waals surface area contributed by atoms with Gasteiger partial charge in [0.2, 0.25) is 5.88 Å². The molecule has 4 rings (SSSR count). The maximum Gasteiger partial charge on any atom is 0.260 e. The van der Waals surface area contributed by atoms with Crippen molar-refractivity contribution in [2.45, 2.75) is 51.7 Å². The molecular formula is C22H30N4O4. The molecule has 30 heavy (non-hydrogen) atoms. The number of carbonyl (C=O) groups is 1. The van der Waals surface area contributed by atoms with Gasteiger partial charge in [-0.3, -0.25) is 4.79 Å². The first-order valence-electron chi connectivity index (χ1n) is 10.8. The number of nitriles is 1. The van der Waals surface area contributed by atoms with E-state index in [1.807, 2.05) is 18.7 Å². The molecule has 0 saturated carbocycles. The van der Waals surface area contributed by atoms with Gasteiger partial charge in [-0.25, -0.2) is 0 Å². The van der Waals surface area contributed by atoms with E-state index >= 15 is 0 Å². The standard InChI is InChI=1S/C22H30N4O4/c1-22(2)12-16-17(13-23)21(29-15-19(27)25-6-4-3-5-7-25)24-20(18(16)14-30-22)26-8-10-28-11-9-26/h3-12,14-15H2,1-2H3. The van der Waals surface area contributed by atoms with Gasteiger partial charge in [-0.2, -0.15) is 10.2 Å². The van der Waals surface area contributed by atoms with Gasteiger partial charge >= 0.3 is 0 Å². The van der Waals surface area contributed by atoms with Gasteiger partial charge in [0.1, 0.15) is 17.5 Å². The first kappa shape index (κ1) is 20.9. The fourth-order valence-corrected chi connectivity index (χ4v) is 4.35. The Kier molecular flexibility index (Phi) is 6.11. The second kappa shape index (κ2) is 8.78. The summed E-state index contributed by atoms with van der Waals surface area (Å²) in [5.74, 6) is 0.985. The summed E-state index contributed by atoms with van der Waals surface area (Å²) in [5, 5.41) is 9.92. The quantitative estimate of drug-likeness (QED) is 0.745. The van der Waals surface area contributed by atoms with Gasteiger partial charge in [0, 0.05) is 38.2 Å². The Balaban J connectivity index is 1.64. The molecule has 0 aromatic carbocycles. The minimum Gasteiger partial charge on any atom is -0.467 e. The molecule has 0 bridgehead atoms.